The van der Waals surface area contributed by atoms with Gasteiger partial charge < -0.3 is 5.73 Å². The van der Waals surface area contributed by atoms with Gasteiger partial charge in [-0.15, -0.1) is 0 Å². The fourth-order valence-corrected chi connectivity index (χ4v) is 2.13. The molecule has 0 bridgehead atoms. The second-order valence-corrected chi connectivity index (χ2v) is 4.09. The minimum Gasteiger partial charge on any atom is -0.383 e. The molecular weight excluding hydrogens is 210 g/mol. The van der Waals surface area contributed by atoms with Gasteiger partial charge in [0.15, 0.2) is 0 Å². The summed E-state index contributed by atoms with van der Waals surface area (Å²) < 4.78 is 0. The number of nitrogen functional groups attached to an aromatic ring is 1. The molecular formula is C14H13N3. The Morgan fingerprint density at radius 2 is 2.12 bits per heavy atom. The van der Waals surface area contributed by atoms with Gasteiger partial charge in [0.25, 0.3) is 0 Å². The van der Waals surface area contributed by atoms with Crippen LogP contribution < -0.4 is 5.73 Å². The number of hydrogen-bond acceptors (Lipinski definition) is 3. The molecule has 3 rings (SSSR count). The van der Waals surface area contributed by atoms with E-state index in [-0.39, 0.29) is 0 Å². The number of rotatable bonds is 1. The van der Waals surface area contributed by atoms with Crippen LogP contribution in [0.1, 0.15) is 12.5 Å². The Kier molecular flexibility index (Phi) is 2.18. The number of benzene rings is 1. The highest BCUT2D eigenvalue weighted by molar-refractivity contribution is 6.04. The highest BCUT2D eigenvalue weighted by Crippen LogP contribution is 2.25. The summed E-state index contributed by atoms with van der Waals surface area (Å²) in [6.45, 7) is 2.09. The molecule has 0 saturated heterocycles. The minimum absolute atomic E-state index is 0.622. The van der Waals surface area contributed by atoms with E-state index < -0.39 is 0 Å². The van der Waals surface area contributed by atoms with Crippen molar-refractivity contribution in [3.8, 4) is 0 Å². The second-order valence-electron chi connectivity index (χ2n) is 4.09. The minimum atomic E-state index is 0.622. The van der Waals surface area contributed by atoms with Gasteiger partial charge in [0.05, 0.1) is 11.0 Å². The predicted octanol–water partition coefficient (Wildman–Crippen LogP) is 2.93. The molecule has 2 heterocycles. The first-order chi connectivity index (χ1) is 8.29. The highest BCUT2D eigenvalue weighted by Gasteiger charge is 2.06. The summed E-state index contributed by atoms with van der Waals surface area (Å²) in [6, 6.07) is 10.1. The quantitative estimate of drug-likeness (QED) is 0.645. The standard InChI is InChI=1S/C14H13N3/c1-2-9-8-10-5-6-12-11(4-3-7-16-12)13(10)17-14(9)15/h3-8H,2H2,1H3,(H2,15,17). The van der Waals surface area contributed by atoms with Gasteiger partial charge in [0, 0.05) is 17.0 Å². The molecule has 0 atom stereocenters. The normalized spacial score (nSPS) is 11.1. The zero-order valence-corrected chi connectivity index (χ0v) is 9.64. The van der Waals surface area contributed by atoms with Crippen molar-refractivity contribution >= 4 is 27.6 Å². The SMILES string of the molecule is CCc1cc2ccc3ncccc3c2nc1N. The maximum absolute atomic E-state index is 5.96. The van der Waals surface area contributed by atoms with Crippen molar-refractivity contribution in [3.05, 3.63) is 42.1 Å². The van der Waals surface area contributed by atoms with E-state index in [1.807, 2.05) is 18.2 Å². The molecule has 0 spiro atoms. The highest BCUT2D eigenvalue weighted by atomic mass is 14.8. The molecule has 0 aliphatic carbocycles. The molecule has 0 aliphatic heterocycles. The van der Waals surface area contributed by atoms with Crippen LogP contribution in [0.3, 0.4) is 0 Å². The fourth-order valence-electron chi connectivity index (χ4n) is 2.13. The van der Waals surface area contributed by atoms with Crippen LogP contribution >= 0.6 is 0 Å². The van der Waals surface area contributed by atoms with Crippen molar-refractivity contribution in [2.24, 2.45) is 0 Å². The van der Waals surface area contributed by atoms with Crippen LogP contribution in [-0.4, -0.2) is 9.97 Å². The van der Waals surface area contributed by atoms with Crippen molar-refractivity contribution in [2.75, 3.05) is 5.73 Å². The number of pyridine rings is 2. The Morgan fingerprint density at radius 1 is 1.24 bits per heavy atom. The van der Waals surface area contributed by atoms with Crippen molar-refractivity contribution in [1.82, 2.24) is 9.97 Å². The molecule has 2 N–H and O–H groups in total. The lowest BCUT2D eigenvalue weighted by Gasteiger charge is -2.07. The Morgan fingerprint density at radius 3 is 2.94 bits per heavy atom. The summed E-state index contributed by atoms with van der Waals surface area (Å²) in [7, 11) is 0. The monoisotopic (exact) mass is 223 g/mol. The Bertz CT molecular complexity index is 704. The fraction of sp³-hybridized carbons (Fsp3) is 0.143. The number of nitrogens with two attached hydrogens (primary N) is 1. The van der Waals surface area contributed by atoms with E-state index in [4.69, 9.17) is 5.73 Å². The van der Waals surface area contributed by atoms with E-state index in [1.54, 1.807) is 6.20 Å². The largest absolute Gasteiger partial charge is 0.383 e. The summed E-state index contributed by atoms with van der Waals surface area (Å²) >= 11 is 0. The van der Waals surface area contributed by atoms with Crippen LogP contribution in [-0.2, 0) is 6.42 Å². The molecule has 84 valence electrons. The van der Waals surface area contributed by atoms with Crippen LogP contribution in [0.5, 0.6) is 0 Å². The topological polar surface area (TPSA) is 51.8 Å². The Labute approximate surface area is 99.3 Å². The summed E-state index contributed by atoms with van der Waals surface area (Å²) in [5.41, 5.74) is 8.94. The number of aromatic nitrogens is 2. The first-order valence-corrected chi connectivity index (χ1v) is 5.72. The summed E-state index contributed by atoms with van der Waals surface area (Å²) in [6.07, 6.45) is 2.69. The summed E-state index contributed by atoms with van der Waals surface area (Å²) in [4.78, 5) is 8.84. The van der Waals surface area contributed by atoms with Gasteiger partial charge in [-0.05, 0) is 36.2 Å². The van der Waals surface area contributed by atoms with Crippen LogP contribution in [0.4, 0.5) is 5.82 Å². The molecule has 0 fully saturated rings. The van der Waals surface area contributed by atoms with E-state index in [9.17, 15) is 0 Å². The van der Waals surface area contributed by atoms with Gasteiger partial charge in [-0.1, -0.05) is 13.0 Å². The molecule has 3 nitrogen and oxygen atoms in total. The maximum atomic E-state index is 5.96. The first kappa shape index (κ1) is 10.0. The van der Waals surface area contributed by atoms with Crippen molar-refractivity contribution < 1.29 is 0 Å². The molecule has 0 aliphatic rings. The molecule has 0 amide bonds. The number of nitrogens with zero attached hydrogens (tertiary/aromatic N) is 2. The van der Waals surface area contributed by atoms with Gasteiger partial charge in [0.2, 0.25) is 0 Å². The van der Waals surface area contributed by atoms with E-state index >= 15 is 0 Å². The summed E-state index contributed by atoms with van der Waals surface area (Å²) in [5.74, 6) is 0.622. The van der Waals surface area contributed by atoms with Crippen LogP contribution in [0.2, 0.25) is 0 Å². The number of anilines is 1. The number of aryl methyl sites for hydroxylation is 1. The molecule has 3 aromatic rings. The van der Waals surface area contributed by atoms with Gasteiger partial charge >= 0.3 is 0 Å². The zero-order chi connectivity index (χ0) is 11.8. The average molecular weight is 223 g/mol. The average Bonchev–Trinajstić information content (AvgIpc) is 2.38. The molecule has 1 aromatic carbocycles. The van der Waals surface area contributed by atoms with Crippen LogP contribution in [0, 0.1) is 0 Å². The lowest BCUT2D eigenvalue weighted by atomic mass is 10.1. The van der Waals surface area contributed by atoms with E-state index in [2.05, 4.69) is 29.0 Å². The number of fused-ring (bicyclic) bond motifs is 3. The predicted molar refractivity (Wildman–Crippen MR) is 70.8 cm³/mol. The molecule has 0 radical (unpaired) electrons. The molecule has 0 saturated carbocycles. The lowest BCUT2D eigenvalue weighted by Crippen LogP contribution is -1.97. The third-order valence-corrected chi connectivity index (χ3v) is 3.06. The second kappa shape index (κ2) is 3.70. The molecule has 2 aromatic heterocycles. The van der Waals surface area contributed by atoms with Gasteiger partial charge in [-0.25, -0.2) is 4.98 Å². The first-order valence-electron chi connectivity index (χ1n) is 5.72. The van der Waals surface area contributed by atoms with Crippen molar-refractivity contribution in [2.45, 2.75) is 13.3 Å². The van der Waals surface area contributed by atoms with Crippen LogP contribution in [0.25, 0.3) is 21.8 Å². The zero-order valence-electron chi connectivity index (χ0n) is 9.64. The third-order valence-electron chi connectivity index (χ3n) is 3.06. The third kappa shape index (κ3) is 1.51. The molecule has 3 heteroatoms. The van der Waals surface area contributed by atoms with Crippen molar-refractivity contribution in [3.63, 3.8) is 0 Å². The van der Waals surface area contributed by atoms with Gasteiger partial charge in [0.1, 0.15) is 5.82 Å². The van der Waals surface area contributed by atoms with E-state index in [1.165, 1.54) is 0 Å². The van der Waals surface area contributed by atoms with Gasteiger partial charge in [-0.3, -0.25) is 4.98 Å². The van der Waals surface area contributed by atoms with Gasteiger partial charge in [-0.2, -0.15) is 0 Å². The molecule has 17 heavy (non-hydrogen) atoms. The Balaban J connectivity index is 2.46. The Hall–Kier alpha value is -2.16. The van der Waals surface area contributed by atoms with Crippen LogP contribution in [0.15, 0.2) is 36.5 Å². The smallest absolute Gasteiger partial charge is 0.127 e. The summed E-state index contributed by atoms with van der Waals surface area (Å²) in [5, 5.41) is 2.18. The van der Waals surface area contributed by atoms with E-state index in [0.717, 1.165) is 33.8 Å². The number of hydrogen-bond donors (Lipinski definition) is 1. The lowest BCUT2D eigenvalue weighted by molar-refractivity contribution is 1.13. The van der Waals surface area contributed by atoms with E-state index in [0.29, 0.717) is 5.82 Å². The van der Waals surface area contributed by atoms with Crippen molar-refractivity contribution in [1.29, 1.82) is 0 Å². The maximum Gasteiger partial charge on any atom is 0.127 e. The molecule has 0 unspecified atom stereocenters.